The molecule has 0 spiro atoms. The molecule has 2 aromatic carbocycles. The van der Waals surface area contributed by atoms with E-state index < -0.39 is 23.4 Å². The lowest BCUT2D eigenvalue weighted by molar-refractivity contribution is -0.134. The molecule has 0 radical (unpaired) electrons. The lowest BCUT2D eigenvalue weighted by Crippen LogP contribution is -2.43. The number of amides is 4. The van der Waals surface area contributed by atoms with Crippen molar-refractivity contribution in [1.82, 2.24) is 15.5 Å². The zero-order valence-electron chi connectivity index (χ0n) is 17.2. The van der Waals surface area contributed by atoms with E-state index in [1.165, 1.54) is 14.2 Å². The van der Waals surface area contributed by atoms with Gasteiger partial charge in [0, 0.05) is 6.54 Å². The summed E-state index contributed by atoms with van der Waals surface area (Å²) in [7, 11) is 3.00. The largest absolute Gasteiger partial charge is 0.493 e. The molecule has 1 atom stereocenters. The lowest BCUT2D eigenvalue weighted by atomic mass is 9.91. The van der Waals surface area contributed by atoms with E-state index in [4.69, 9.17) is 9.47 Å². The Kier molecular flexibility index (Phi) is 6.25. The fraction of sp³-hybridized carbons (Fsp3) is 0.318. The van der Waals surface area contributed by atoms with Gasteiger partial charge in [0.15, 0.2) is 11.5 Å². The molecule has 2 N–H and O–H groups in total. The van der Waals surface area contributed by atoms with Crippen LogP contribution in [-0.2, 0) is 21.5 Å². The van der Waals surface area contributed by atoms with Crippen molar-refractivity contribution in [3.63, 3.8) is 0 Å². The standard InChI is InChI=1S/C22H25N3O5/c1-22(16-9-10-17(29-2)18(13-16)30-3)20(27)25(21(28)24-22)14-19(26)23-12-11-15-7-5-4-6-8-15/h4-10,13H,11-12,14H2,1-3H3,(H,23,26)(H,24,28)/t22-/m1/s1. The Morgan fingerprint density at radius 2 is 1.77 bits per heavy atom. The molecule has 8 nitrogen and oxygen atoms in total. The second kappa shape index (κ2) is 8.86. The molecule has 1 aliphatic heterocycles. The van der Waals surface area contributed by atoms with Crippen molar-refractivity contribution in [1.29, 1.82) is 0 Å². The highest BCUT2D eigenvalue weighted by molar-refractivity contribution is 6.09. The van der Waals surface area contributed by atoms with Gasteiger partial charge in [0.1, 0.15) is 12.1 Å². The molecule has 3 rings (SSSR count). The maximum Gasteiger partial charge on any atom is 0.325 e. The van der Waals surface area contributed by atoms with Crippen molar-refractivity contribution < 1.29 is 23.9 Å². The second-order valence-corrected chi connectivity index (χ2v) is 7.10. The Bertz CT molecular complexity index is 947. The summed E-state index contributed by atoms with van der Waals surface area (Å²) in [6.07, 6.45) is 0.663. The van der Waals surface area contributed by atoms with Crippen LogP contribution in [0.5, 0.6) is 11.5 Å². The summed E-state index contributed by atoms with van der Waals surface area (Å²) < 4.78 is 10.5. The van der Waals surface area contributed by atoms with Crippen LogP contribution in [0.4, 0.5) is 4.79 Å². The third kappa shape index (κ3) is 4.22. The zero-order chi connectivity index (χ0) is 21.7. The van der Waals surface area contributed by atoms with Gasteiger partial charge in [0.05, 0.1) is 14.2 Å². The van der Waals surface area contributed by atoms with E-state index in [1.807, 2.05) is 30.3 Å². The summed E-state index contributed by atoms with van der Waals surface area (Å²) >= 11 is 0. The Balaban J connectivity index is 1.66. The molecule has 1 saturated heterocycles. The number of imide groups is 1. The van der Waals surface area contributed by atoms with Crippen molar-refractivity contribution in [2.75, 3.05) is 27.3 Å². The molecule has 30 heavy (non-hydrogen) atoms. The van der Waals surface area contributed by atoms with Gasteiger partial charge in [-0.25, -0.2) is 4.79 Å². The quantitative estimate of drug-likeness (QED) is 0.646. The zero-order valence-corrected chi connectivity index (χ0v) is 17.2. The molecule has 4 amide bonds. The number of ether oxygens (including phenoxy) is 2. The van der Waals surface area contributed by atoms with Gasteiger partial charge in [-0.2, -0.15) is 0 Å². The fourth-order valence-electron chi connectivity index (χ4n) is 3.37. The highest BCUT2D eigenvalue weighted by Crippen LogP contribution is 2.35. The summed E-state index contributed by atoms with van der Waals surface area (Å²) in [4.78, 5) is 38.7. The van der Waals surface area contributed by atoms with Crippen LogP contribution in [0, 0.1) is 0 Å². The third-order valence-corrected chi connectivity index (χ3v) is 5.12. The smallest absolute Gasteiger partial charge is 0.325 e. The molecule has 0 aromatic heterocycles. The van der Waals surface area contributed by atoms with Crippen LogP contribution in [-0.4, -0.2) is 50.1 Å². The van der Waals surface area contributed by atoms with Gasteiger partial charge >= 0.3 is 6.03 Å². The van der Waals surface area contributed by atoms with E-state index in [0.29, 0.717) is 30.0 Å². The van der Waals surface area contributed by atoms with Crippen molar-refractivity contribution in [2.45, 2.75) is 18.9 Å². The van der Waals surface area contributed by atoms with Gasteiger partial charge < -0.3 is 20.1 Å². The molecule has 8 heteroatoms. The highest BCUT2D eigenvalue weighted by Gasteiger charge is 2.49. The number of hydrogen-bond donors (Lipinski definition) is 2. The Labute approximate surface area is 175 Å². The first-order valence-corrected chi connectivity index (χ1v) is 9.56. The normalized spacial score (nSPS) is 18.2. The number of hydrogen-bond acceptors (Lipinski definition) is 5. The summed E-state index contributed by atoms with van der Waals surface area (Å²) in [6, 6.07) is 14.1. The second-order valence-electron chi connectivity index (χ2n) is 7.10. The number of methoxy groups -OCH3 is 2. The molecule has 0 aliphatic carbocycles. The lowest BCUT2D eigenvalue weighted by Gasteiger charge is -2.23. The van der Waals surface area contributed by atoms with E-state index in [-0.39, 0.29) is 6.54 Å². The molecular formula is C22H25N3O5. The summed E-state index contributed by atoms with van der Waals surface area (Å²) in [6.45, 7) is 1.67. The highest BCUT2D eigenvalue weighted by atomic mass is 16.5. The van der Waals surface area contributed by atoms with Crippen LogP contribution >= 0.6 is 0 Å². The number of urea groups is 1. The molecule has 1 heterocycles. The average molecular weight is 411 g/mol. The predicted octanol–water partition coefficient (Wildman–Crippen LogP) is 1.83. The van der Waals surface area contributed by atoms with Crippen LogP contribution in [0.3, 0.4) is 0 Å². The molecular weight excluding hydrogens is 386 g/mol. The average Bonchev–Trinajstić information content (AvgIpc) is 2.97. The molecule has 1 fully saturated rings. The Morgan fingerprint density at radius 1 is 1.07 bits per heavy atom. The van der Waals surface area contributed by atoms with Crippen LogP contribution < -0.4 is 20.1 Å². The molecule has 0 saturated carbocycles. The minimum atomic E-state index is -1.30. The summed E-state index contributed by atoms with van der Waals surface area (Å²) in [5.41, 5.74) is 0.320. The fourth-order valence-corrected chi connectivity index (χ4v) is 3.37. The van der Waals surface area contributed by atoms with Crippen LogP contribution in [0.25, 0.3) is 0 Å². The van der Waals surface area contributed by atoms with Crippen molar-refractivity contribution >= 4 is 17.8 Å². The number of carbonyl (C=O) groups is 3. The van der Waals surface area contributed by atoms with Crippen LogP contribution in [0.15, 0.2) is 48.5 Å². The van der Waals surface area contributed by atoms with Gasteiger partial charge in [-0.05, 0) is 36.6 Å². The first kappa shape index (κ1) is 21.2. The summed E-state index contributed by atoms with van der Waals surface area (Å²) in [5.74, 6) is 0.0515. The SMILES string of the molecule is COc1ccc([C@@]2(C)NC(=O)N(CC(=O)NCCc3ccccc3)C2=O)cc1OC. The van der Waals surface area contributed by atoms with E-state index in [2.05, 4.69) is 10.6 Å². The molecule has 0 bridgehead atoms. The number of carbonyl (C=O) groups excluding carboxylic acids is 3. The van der Waals surface area contributed by atoms with Crippen LogP contribution in [0.2, 0.25) is 0 Å². The first-order valence-electron chi connectivity index (χ1n) is 9.56. The number of benzene rings is 2. The Hall–Kier alpha value is -3.55. The van der Waals surface area contributed by atoms with E-state index >= 15 is 0 Å². The van der Waals surface area contributed by atoms with E-state index in [0.717, 1.165) is 10.5 Å². The molecule has 158 valence electrons. The van der Waals surface area contributed by atoms with Crippen LogP contribution in [0.1, 0.15) is 18.1 Å². The number of nitrogens with one attached hydrogen (secondary N) is 2. The predicted molar refractivity (Wildman–Crippen MR) is 110 cm³/mol. The minimum Gasteiger partial charge on any atom is -0.493 e. The maximum absolute atomic E-state index is 13.0. The topological polar surface area (TPSA) is 97.0 Å². The van der Waals surface area contributed by atoms with Gasteiger partial charge in [0.25, 0.3) is 5.91 Å². The Morgan fingerprint density at radius 3 is 2.43 bits per heavy atom. The van der Waals surface area contributed by atoms with Gasteiger partial charge in [-0.3, -0.25) is 14.5 Å². The molecule has 0 unspecified atom stereocenters. The first-order chi connectivity index (χ1) is 14.4. The van der Waals surface area contributed by atoms with Crippen molar-refractivity contribution in [3.05, 3.63) is 59.7 Å². The van der Waals surface area contributed by atoms with Gasteiger partial charge in [0.2, 0.25) is 5.91 Å². The van der Waals surface area contributed by atoms with Crippen molar-refractivity contribution in [2.24, 2.45) is 0 Å². The van der Waals surface area contributed by atoms with Gasteiger partial charge in [-0.15, -0.1) is 0 Å². The van der Waals surface area contributed by atoms with Crippen molar-refractivity contribution in [3.8, 4) is 11.5 Å². The number of rotatable bonds is 8. The molecule has 2 aromatic rings. The van der Waals surface area contributed by atoms with E-state index in [1.54, 1.807) is 25.1 Å². The maximum atomic E-state index is 13.0. The third-order valence-electron chi connectivity index (χ3n) is 5.12. The number of nitrogens with zero attached hydrogens (tertiary/aromatic N) is 1. The molecule has 1 aliphatic rings. The summed E-state index contributed by atoms with van der Waals surface area (Å²) in [5, 5.41) is 5.43. The minimum absolute atomic E-state index is 0.345. The van der Waals surface area contributed by atoms with Gasteiger partial charge in [-0.1, -0.05) is 36.4 Å². The van der Waals surface area contributed by atoms with E-state index in [9.17, 15) is 14.4 Å². The monoisotopic (exact) mass is 411 g/mol.